The number of aromatic nitrogens is 1. The zero-order chi connectivity index (χ0) is 15.7. The molecule has 3 rings (SSSR count). The summed E-state index contributed by atoms with van der Waals surface area (Å²) in [6.07, 6.45) is 1.69. The molecule has 22 heavy (non-hydrogen) atoms. The minimum atomic E-state index is -0.0192. The SMILES string of the molecule is C[C@@H](CN1C(=O)c2cccnc2Nc2ccccc21)N(C)C. The number of fused-ring (bicyclic) bond motifs is 2. The van der Waals surface area contributed by atoms with Crippen molar-refractivity contribution in [3.63, 3.8) is 0 Å². The molecule has 2 heterocycles. The van der Waals surface area contributed by atoms with Crippen molar-refractivity contribution in [2.45, 2.75) is 13.0 Å². The van der Waals surface area contributed by atoms with Crippen molar-refractivity contribution in [3.05, 3.63) is 48.2 Å². The van der Waals surface area contributed by atoms with Crippen LogP contribution in [0, 0.1) is 0 Å². The van der Waals surface area contributed by atoms with E-state index in [2.05, 4.69) is 22.1 Å². The number of pyridine rings is 1. The molecule has 1 N–H and O–H groups in total. The summed E-state index contributed by atoms with van der Waals surface area (Å²) in [5, 5.41) is 3.28. The molecule has 0 fully saturated rings. The number of rotatable bonds is 3. The molecule has 1 aromatic carbocycles. The van der Waals surface area contributed by atoms with Crippen LogP contribution < -0.4 is 10.2 Å². The van der Waals surface area contributed by atoms with E-state index < -0.39 is 0 Å². The van der Waals surface area contributed by atoms with Crippen LogP contribution in [0.3, 0.4) is 0 Å². The molecule has 114 valence electrons. The number of hydrogen-bond donors (Lipinski definition) is 1. The van der Waals surface area contributed by atoms with Crippen LogP contribution in [0.25, 0.3) is 0 Å². The Balaban J connectivity index is 2.09. The second-order valence-corrected chi connectivity index (χ2v) is 5.77. The predicted octanol–water partition coefficient (Wildman–Crippen LogP) is 2.74. The Morgan fingerprint density at radius 3 is 2.77 bits per heavy atom. The highest BCUT2D eigenvalue weighted by molar-refractivity contribution is 6.12. The van der Waals surface area contributed by atoms with Gasteiger partial charge in [-0.3, -0.25) is 4.79 Å². The monoisotopic (exact) mass is 296 g/mol. The number of benzene rings is 1. The van der Waals surface area contributed by atoms with Crippen LogP contribution in [0.5, 0.6) is 0 Å². The molecule has 1 aromatic heterocycles. The lowest BCUT2D eigenvalue weighted by atomic mass is 10.2. The van der Waals surface area contributed by atoms with E-state index in [1.807, 2.05) is 49.3 Å². The summed E-state index contributed by atoms with van der Waals surface area (Å²) >= 11 is 0. The highest BCUT2D eigenvalue weighted by atomic mass is 16.2. The average molecular weight is 296 g/mol. The van der Waals surface area contributed by atoms with Gasteiger partial charge in [0.05, 0.1) is 16.9 Å². The fraction of sp³-hybridized carbons (Fsp3) is 0.294. The van der Waals surface area contributed by atoms with Crippen molar-refractivity contribution in [1.29, 1.82) is 0 Å². The van der Waals surface area contributed by atoms with E-state index >= 15 is 0 Å². The molecule has 5 nitrogen and oxygen atoms in total. The molecule has 0 radical (unpaired) electrons. The first kappa shape index (κ1) is 14.5. The van der Waals surface area contributed by atoms with Gasteiger partial charge in [0.25, 0.3) is 5.91 Å². The van der Waals surface area contributed by atoms with Crippen molar-refractivity contribution in [1.82, 2.24) is 9.88 Å². The Morgan fingerprint density at radius 2 is 2.00 bits per heavy atom. The molecule has 0 saturated heterocycles. The van der Waals surface area contributed by atoms with E-state index in [0.29, 0.717) is 17.9 Å². The lowest BCUT2D eigenvalue weighted by molar-refractivity contribution is 0.0981. The molecule has 2 aromatic rings. The molecule has 0 bridgehead atoms. The quantitative estimate of drug-likeness (QED) is 0.946. The number of para-hydroxylation sites is 2. The lowest BCUT2D eigenvalue weighted by Crippen LogP contribution is -2.41. The molecular formula is C17H20N4O. The van der Waals surface area contributed by atoms with Crippen molar-refractivity contribution < 1.29 is 4.79 Å². The zero-order valence-corrected chi connectivity index (χ0v) is 13.1. The van der Waals surface area contributed by atoms with Crippen LogP contribution in [-0.2, 0) is 0 Å². The van der Waals surface area contributed by atoms with E-state index in [1.165, 1.54) is 0 Å². The normalized spacial score (nSPS) is 14.9. The summed E-state index contributed by atoms with van der Waals surface area (Å²) in [5.74, 6) is 0.592. The first-order valence-electron chi connectivity index (χ1n) is 7.37. The minimum Gasteiger partial charge on any atom is -0.338 e. The molecule has 0 unspecified atom stereocenters. The van der Waals surface area contributed by atoms with E-state index in [9.17, 15) is 4.79 Å². The summed E-state index contributed by atoms with van der Waals surface area (Å²) in [4.78, 5) is 21.2. The standard InChI is InChI=1S/C17H20N4O/c1-12(20(2)3)11-21-15-9-5-4-8-14(15)19-16-13(17(21)22)7-6-10-18-16/h4-10,12H,11H2,1-3H3,(H,18,19)/t12-/m0/s1. The Labute approximate surface area is 130 Å². The van der Waals surface area contributed by atoms with Crippen LogP contribution >= 0.6 is 0 Å². The lowest BCUT2D eigenvalue weighted by Gasteiger charge is -2.29. The number of nitrogens with one attached hydrogen (secondary N) is 1. The number of carbonyl (C=O) groups excluding carboxylic acids is 1. The van der Waals surface area contributed by atoms with E-state index in [0.717, 1.165) is 11.4 Å². The molecule has 0 spiro atoms. The van der Waals surface area contributed by atoms with Crippen LogP contribution in [0.2, 0.25) is 0 Å². The summed E-state index contributed by atoms with van der Waals surface area (Å²) in [7, 11) is 4.04. The molecule has 1 aliphatic rings. The van der Waals surface area contributed by atoms with Gasteiger partial charge in [0.15, 0.2) is 0 Å². The molecule has 5 heteroatoms. The first-order chi connectivity index (χ1) is 10.6. The zero-order valence-electron chi connectivity index (χ0n) is 13.1. The van der Waals surface area contributed by atoms with E-state index in [1.54, 1.807) is 12.3 Å². The van der Waals surface area contributed by atoms with Gasteiger partial charge in [0, 0.05) is 18.8 Å². The number of anilines is 3. The summed E-state index contributed by atoms with van der Waals surface area (Å²) in [5.41, 5.74) is 2.39. The van der Waals surface area contributed by atoms with Crippen LogP contribution in [0.4, 0.5) is 17.2 Å². The topological polar surface area (TPSA) is 48.5 Å². The molecule has 1 amide bonds. The summed E-state index contributed by atoms with van der Waals surface area (Å²) in [6.45, 7) is 2.73. The van der Waals surface area contributed by atoms with Gasteiger partial charge in [-0.2, -0.15) is 0 Å². The third-order valence-electron chi connectivity index (χ3n) is 4.06. The Hall–Kier alpha value is -2.40. The van der Waals surface area contributed by atoms with Gasteiger partial charge >= 0.3 is 0 Å². The van der Waals surface area contributed by atoms with Crippen molar-refractivity contribution >= 4 is 23.1 Å². The predicted molar refractivity (Wildman–Crippen MR) is 88.8 cm³/mol. The number of nitrogens with zero attached hydrogens (tertiary/aromatic N) is 3. The average Bonchev–Trinajstić information content (AvgIpc) is 2.63. The second kappa shape index (κ2) is 5.77. The van der Waals surface area contributed by atoms with Crippen LogP contribution in [-0.4, -0.2) is 42.5 Å². The maximum absolute atomic E-state index is 13.0. The first-order valence-corrected chi connectivity index (χ1v) is 7.37. The summed E-state index contributed by atoms with van der Waals surface area (Å²) in [6, 6.07) is 11.7. The number of amides is 1. The van der Waals surface area contributed by atoms with Crippen molar-refractivity contribution in [3.8, 4) is 0 Å². The Morgan fingerprint density at radius 1 is 1.23 bits per heavy atom. The second-order valence-electron chi connectivity index (χ2n) is 5.77. The fourth-order valence-corrected chi connectivity index (χ4v) is 2.48. The molecule has 0 aliphatic carbocycles. The minimum absolute atomic E-state index is 0.0192. The van der Waals surface area contributed by atoms with E-state index in [4.69, 9.17) is 0 Å². The molecule has 1 aliphatic heterocycles. The number of hydrogen-bond acceptors (Lipinski definition) is 4. The van der Waals surface area contributed by atoms with Crippen molar-refractivity contribution in [2.75, 3.05) is 30.9 Å². The fourth-order valence-electron chi connectivity index (χ4n) is 2.48. The molecular weight excluding hydrogens is 276 g/mol. The van der Waals surface area contributed by atoms with Crippen molar-refractivity contribution in [2.24, 2.45) is 0 Å². The van der Waals surface area contributed by atoms with E-state index in [-0.39, 0.29) is 11.9 Å². The highest BCUT2D eigenvalue weighted by Crippen LogP contribution is 2.34. The van der Waals surface area contributed by atoms with Gasteiger partial charge in [0.1, 0.15) is 5.82 Å². The number of carbonyl (C=O) groups is 1. The molecule has 1 atom stereocenters. The van der Waals surface area contributed by atoms with Gasteiger partial charge in [-0.1, -0.05) is 12.1 Å². The number of likely N-dealkylation sites (N-methyl/N-ethyl adjacent to an activating group) is 1. The Bertz CT molecular complexity index is 699. The third kappa shape index (κ3) is 2.55. The largest absolute Gasteiger partial charge is 0.338 e. The highest BCUT2D eigenvalue weighted by Gasteiger charge is 2.28. The van der Waals surface area contributed by atoms with Gasteiger partial charge in [0.2, 0.25) is 0 Å². The third-order valence-corrected chi connectivity index (χ3v) is 4.06. The van der Waals surface area contributed by atoms with Gasteiger partial charge in [-0.05, 0) is 45.3 Å². The van der Waals surface area contributed by atoms with Gasteiger partial charge in [-0.25, -0.2) is 4.98 Å². The molecule has 0 saturated carbocycles. The van der Waals surface area contributed by atoms with Crippen LogP contribution in [0.15, 0.2) is 42.6 Å². The van der Waals surface area contributed by atoms with Crippen LogP contribution in [0.1, 0.15) is 17.3 Å². The maximum Gasteiger partial charge on any atom is 0.262 e. The Kier molecular flexibility index (Phi) is 3.81. The van der Waals surface area contributed by atoms with Gasteiger partial charge in [-0.15, -0.1) is 0 Å². The van der Waals surface area contributed by atoms with Gasteiger partial charge < -0.3 is 15.1 Å². The summed E-state index contributed by atoms with van der Waals surface area (Å²) < 4.78 is 0. The maximum atomic E-state index is 13.0. The smallest absolute Gasteiger partial charge is 0.262 e.